The van der Waals surface area contributed by atoms with Crippen molar-refractivity contribution in [1.82, 2.24) is 0 Å². The number of carbonyl (C=O) groups is 3. The van der Waals surface area contributed by atoms with Crippen molar-refractivity contribution >= 4 is 24.0 Å². The van der Waals surface area contributed by atoms with Gasteiger partial charge >= 0.3 is 11.9 Å². The first-order valence-corrected chi connectivity index (χ1v) is 5.76. The number of carboxylic acid groups (broad SMARTS) is 1. The highest BCUT2D eigenvalue weighted by Crippen LogP contribution is 2.27. The maximum Gasteiger partial charge on any atom is 0.383 e. The normalized spacial score (nSPS) is 9.86. The summed E-state index contributed by atoms with van der Waals surface area (Å²) in [5.74, 6) is -2.82. The van der Waals surface area contributed by atoms with E-state index in [2.05, 4.69) is 16.0 Å². The molecule has 0 bridgehead atoms. The molecule has 0 heterocycles. The van der Waals surface area contributed by atoms with Crippen LogP contribution in [0.1, 0.15) is 17.3 Å². The molecule has 0 saturated heterocycles. The van der Waals surface area contributed by atoms with Crippen molar-refractivity contribution in [1.29, 1.82) is 0 Å². The zero-order chi connectivity index (χ0) is 17.7. The Morgan fingerprint density at radius 3 is 2.27 bits per heavy atom. The van der Waals surface area contributed by atoms with Gasteiger partial charge in [-0.25, -0.2) is 9.74 Å². The number of hydrogen-bond donors (Lipinski definition) is 5. The highest BCUT2D eigenvalue weighted by molar-refractivity contribution is 5.95. The third-order valence-corrected chi connectivity index (χ3v) is 1.93. The number of para-hydroxylation sites is 1. The second kappa shape index (κ2) is 12.1. The van der Waals surface area contributed by atoms with Crippen LogP contribution in [0, 0.1) is 0 Å². The monoisotopic (exact) mass is 319 g/mol. The minimum atomic E-state index is -1.32. The van der Waals surface area contributed by atoms with Crippen LogP contribution in [-0.4, -0.2) is 41.7 Å². The number of anilines is 1. The number of carbonyl (C=O) groups excluding carboxylic acids is 2. The smallest absolute Gasteiger partial charge is 0.383 e. The van der Waals surface area contributed by atoms with E-state index in [9.17, 15) is 24.0 Å². The van der Waals surface area contributed by atoms with Crippen molar-refractivity contribution in [2.75, 3.05) is 12.4 Å². The Morgan fingerprint density at radius 1 is 1.41 bits per heavy atom. The molecule has 9 nitrogen and oxygen atoms in total. The quantitative estimate of drug-likeness (QED) is 0.382. The van der Waals surface area contributed by atoms with Crippen LogP contribution in [0.3, 0.4) is 0 Å². The van der Waals surface area contributed by atoms with E-state index in [0.29, 0.717) is 6.41 Å². The van der Waals surface area contributed by atoms with Gasteiger partial charge in [-0.05, 0) is 26.1 Å². The molecule has 124 valence electrons. The summed E-state index contributed by atoms with van der Waals surface area (Å²) in [6, 6.07) is 3.13. The number of phenols is 1. The summed E-state index contributed by atoms with van der Waals surface area (Å²) in [4.78, 5) is 33.3. The molecule has 0 unspecified atom stereocenters. The largest absolute Gasteiger partial charge is 0.505 e. The fourth-order valence-electron chi connectivity index (χ4n) is 0.930. The lowest BCUT2D eigenvalue weighted by atomic mass is 10.2. The molecular weight excluding hydrogens is 301 g/mol. The van der Waals surface area contributed by atoms with E-state index in [1.54, 1.807) is 0 Å². The van der Waals surface area contributed by atoms with E-state index in [4.69, 9.17) is 10.8 Å². The number of halogens is 1. The number of carboxylic acids is 1. The molecule has 1 aromatic rings. The zero-order valence-electron chi connectivity index (χ0n) is 11.9. The van der Waals surface area contributed by atoms with Gasteiger partial charge in [0, 0.05) is 4.53 Å². The third kappa shape index (κ3) is 7.77. The topological polar surface area (TPSA) is 165 Å². The minimum Gasteiger partial charge on any atom is -0.505 e. The predicted octanol–water partition coefficient (Wildman–Crippen LogP) is -0.00510. The maximum absolute atomic E-state index is 11.5. The summed E-state index contributed by atoms with van der Waals surface area (Å²) < 4.78 is 11.5. The number of nitrogens with two attached hydrogens (primary N) is 2. The molecule has 1 rings (SSSR count). The molecule has 22 heavy (non-hydrogen) atoms. The van der Waals surface area contributed by atoms with Crippen LogP contribution in [-0.2, 0) is 14.5 Å². The number of aliphatic carboxylic acids is 1. The molecule has 0 aliphatic rings. The van der Waals surface area contributed by atoms with Crippen molar-refractivity contribution in [2.45, 2.75) is 13.0 Å². The van der Waals surface area contributed by atoms with Gasteiger partial charge in [-0.2, -0.15) is 0 Å². The third-order valence-electron chi connectivity index (χ3n) is 1.93. The Balaban J connectivity index is 0. The van der Waals surface area contributed by atoms with Crippen LogP contribution >= 0.6 is 0 Å². The second-order valence-electron chi connectivity index (χ2n) is 3.46. The summed E-state index contributed by atoms with van der Waals surface area (Å²) in [5, 5.41) is 19.3. The van der Waals surface area contributed by atoms with Gasteiger partial charge in [0.1, 0.15) is 11.6 Å². The van der Waals surface area contributed by atoms with Crippen LogP contribution in [0.15, 0.2) is 18.2 Å². The Kier molecular flexibility index (Phi) is 11.8. The van der Waals surface area contributed by atoms with Gasteiger partial charge in [0.15, 0.2) is 5.75 Å². The molecule has 1 atom stereocenters. The maximum atomic E-state index is 11.5. The molecule has 0 aliphatic heterocycles. The molecular formula is C12H18FN3O6. The first-order chi connectivity index (χ1) is 10.3. The van der Waals surface area contributed by atoms with Gasteiger partial charge in [-0.15, -0.1) is 0 Å². The van der Waals surface area contributed by atoms with Crippen LogP contribution in [0.4, 0.5) is 10.2 Å². The summed E-state index contributed by atoms with van der Waals surface area (Å²) in [7, 11) is 1.50. The van der Waals surface area contributed by atoms with Gasteiger partial charge in [0.05, 0.1) is 5.69 Å². The summed E-state index contributed by atoms with van der Waals surface area (Å²) >= 11 is 0. The van der Waals surface area contributed by atoms with E-state index in [1.807, 2.05) is 0 Å². The minimum absolute atomic E-state index is 0.00269. The average molecular weight is 319 g/mol. The van der Waals surface area contributed by atoms with E-state index >= 15 is 0 Å². The Morgan fingerprint density at radius 2 is 1.91 bits per heavy atom. The Labute approximate surface area is 125 Å². The lowest BCUT2D eigenvalue weighted by Crippen LogP contribution is -2.25. The number of rotatable bonds is 4. The first kappa shape index (κ1) is 21.6. The number of benzene rings is 1. The van der Waals surface area contributed by atoms with Gasteiger partial charge in [0.25, 0.3) is 0 Å². The molecule has 1 amide bonds. The highest BCUT2D eigenvalue weighted by Gasteiger charge is 2.15. The molecule has 0 aromatic heterocycles. The average Bonchev–Trinajstić information content (AvgIpc) is 2.51. The fourth-order valence-corrected chi connectivity index (χ4v) is 0.930. The van der Waals surface area contributed by atoms with Crippen molar-refractivity contribution in [3.63, 3.8) is 0 Å². The van der Waals surface area contributed by atoms with Crippen LogP contribution in [0.5, 0.6) is 5.75 Å². The van der Waals surface area contributed by atoms with Gasteiger partial charge in [-0.3, -0.25) is 9.59 Å². The Bertz CT molecular complexity index is 496. The first-order valence-electron chi connectivity index (χ1n) is 5.76. The second-order valence-corrected chi connectivity index (χ2v) is 3.46. The predicted molar refractivity (Wildman–Crippen MR) is 75.7 cm³/mol. The van der Waals surface area contributed by atoms with Crippen molar-refractivity contribution in [2.24, 2.45) is 11.5 Å². The standard InChI is InChI=1S/C8H6FNO4.C3H7NO2.CH5N/c9-14-8(13)5-2-1-3-6(7(5)12)10-4-11;1-2(4)3(5)6;1-2/h1-4,12H,(H,10,11);2H,4H2,1H3,(H,5,6);2H2,1H3/t;2-;/m.0./s1. The van der Waals surface area contributed by atoms with Crippen LogP contribution < -0.4 is 16.8 Å². The van der Waals surface area contributed by atoms with E-state index < -0.39 is 23.7 Å². The number of amides is 1. The van der Waals surface area contributed by atoms with Crippen molar-refractivity contribution in [3.8, 4) is 5.75 Å². The molecule has 0 saturated carbocycles. The molecule has 0 spiro atoms. The van der Waals surface area contributed by atoms with Gasteiger partial charge in [-0.1, -0.05) is 6.07 Å². The summed E-state index contributed by atoms with van der Waals surface area (Å²) in [6.45, 7) is 1.42. The molecule has 0 fully saturated rings. The molecule has 7 N–H and O–H groups in total. The number of hydrogen-bond acceptors (Lipinski definition) is 7. The molecule has 10 heteroatoms. The van der Waals surface area contributed by atoms with Gasteiger partial charge < -0.3 is 27.0 Å². The number of nitrogens with one attached hydrogen (secondary N) is 1. The molecule has 0 aliphatic carbocycles. The zero-order valence-corrected chi connectivity index (χ0v) is 11.9. The van der Waals surface area contributed by atoms with Crippen molar-refractivity contribution < 1.29 is 34.1 Å². The highest BCUT2D eigenvalue weighted by atomic mass is 19.3. The number of phenolic OH excluding ortho intramolecular Hbond substituents is 1. The lowest BCUT2D eigenvalue weighted by Gasteiger charge is -2.04. The van der Waals surface area contributed by atoms with E-state index in [1.165, 1.54) is 26.1 Å². The van der Waals surface area contributed by atoms with Crippen molar-refractivity contribution in [3.05, 3.63) is 23.8 Å². The van der Waals surface area contributed by atoms with E-state index in [-0.39, 0.29) is 11.3 Å². The van der Waals surface area contributed by atoms with Crippen LogP contribution in [0.2, 0.25) is 0 Å². The number of aromatic hydroxyl groups is 1. The summed E-state index contributed by atoms with van der Waals surface area (Å²) in [6.07, 6.45) is 0.319. The molecule has 0 radical (unpaired) electrons. The van der Waals surface area contributed by atoms with E-state index in [0.717, 1.165) is 6.07 Å². The fraction of sp³-hybridized carbons (Fsp3) is 0.250. The SMILES string of the molecule is CN.C[C@H](N)C(=O)O.O=CNc1cccc(C(=O)OF)c1O. The van der Waals surface area contributed by atoms with Gasteiger partial charge in [0.2, 0.25) is 6.41 Å². The molecule has 1 aromatic carbocycles. The lowest BCUT2D eigenvalue weighted by molar-refractivity contribution is -0.138. The summed E-state index contributed by atoms with van der Waals surface area (Å²) in [5.41, 5.74) is 8.98. The van der Waals surface area contributed by atoms with Crippen LogP contribution in [0.25, 0.3) is 0 Å². The Hall–Kier alpha value is -2.72.